The van der Waals surface area contributed by atoms with Gasteiger partial charge < -0.3 is 15.5 Å². The third-order valence-electron chi connectivity index (χ3n) is 3.62. The molecule has 0 spiro atoms. The predicted molar refractivity (Wildman–Crippen MR) is 98.3 cm³/mol. The maximum absolute atomic E-state index is 12.1. The molecule has 0 saturated heterocycles. The number of guanidine groups is 1. The molecule has 1 aromatic heterocycles. The molecular formula is C16H21N5O4S. The maximum Gasteiger partial charge on any atom is 0.277 e. The SMILES string of the molecule is Cc1nc(C(=O)Nc2cccc(C(C)N=C(N)N(C)S(C)(=O)=O)c2)co1. The average Bonchev–Trinajstić information content (AvgIpc) is 3.00. The van der Waals surface area contributed by atoms with Crippen LogP contribution >= 0.6 is 0 Å². The van der Waals surface area contributed by atoms with E-state index in [9.17, 15) is 13.2 Å². The number of benzene rings is 1. The van der Waals surface area contributed by atoms with Crippen LogP contribution in [-0.2, 0) is 10.0 Å². The van der Waals surface area contributed by atoms with Gasteiger partial charge in [0.2, 0.25) is 16.0 Å². The standard InChI is InChI=1S/C16H21N5O4S/c1-10(18-16(17)21(3)26(4,23)24)12-6-5-7-13(8-12)20-15(22)14-9-25-11(2)19-14/h5-10H,1-4H3,(H2,17,18)(H,20,22). The van der Waals surface area contributed by atoms with Crippen LogP contribution in [0.15, 0.2) is 39.9 Å². The molecule has 2 rings (SSSR count). The van der Waals surface area contributed by atoms with E-state index in [4.69, 9.17) is 10.2 Å². The minimum absolute atomic E-state index is 0.118. The normalized spacial score (nSPS) is 13.3. The lowest BCUT2D eigenvalue weighted by atomic mass is 10.1. The molecule has 1 heterocycles. The summed E-state index contributed by atoms with van der Waals surface area (Å²) in [5.74, 6) is -0.115. The van der Waals surface area contributed by atoms with E-state index in [0.29, 0.717) is 11.6 Å². The summed E-state index contributed by atoms with van der Waals surface area (Å²) in [5.41, 5.74) is 7.23. The Morgan fingerprint density at radius 2 is 2.12 bits per heavy atom. The summed E-state index contributed by atoms with van der Waals surface area (Å²) >= 11 is 0. The largest absolute Gasteiger partial charge is 0.448 e. The zero-order valence-corrected chi connectivity index (χ0v) is 15.7. The number of nitrogens with two attached hydrogens (primary N) is 1. The second-order valence-electron chi connectivity index (χ2n) is 5.73. The number of aryl methyl sites for hydroxylation is 1. The predicted octanol–water partition coefficient (Wildman–Crippen LogP) is 1.50. The Labute approximate surface area is 152 Å². The molecule has 0 aliphatic rings. The second kappa shape index (κ2) is 7.56. The van der Waals surface area contributed by atoms with Crippen molar-refractivity contribution in [2.45, 2.75) is 19.9 Å². The Hall–Kier alpha value is -2.88. The number of carbonyl (C=O) groups is 1. The van der Waals surface area contributed by atoms with Crippen LogP contribution in [-0.4, -0.2) is 42.9 Å². The highest BCUT2D eigenvalue weighted by Crippen LogP contribution is 2.21. The van der Waals surface area contributed by atoms with E-state index >= 15 is 0 Å². The number of oxazole rings is 1. The molecule has 0 aliphatic carbocycles. The smallest absolute Gasteiger partial charge is 0.277 e. The Kier molecular flexibility index (Phi) is 5.66. The van der Waals surface area contributed by atoms with Crippen LogP contribution in [0.4, 0.5) is 5.69 Å². The van der Waals surface area contributed by atoms with Crippen LogP contribution in [0.5, 0.6) is 0 Å². The summed E-state index contributed by atoms with van der Waals surface area (Å²) in [6.45, 7) is 3.42. The molecule has 1 unspecified atom stereocenters. The van der Waals surface area contributed by atoms with Gasteiger partial charge in [0, 0.05) is 19.7 Å². The lowest BCUT2D eigenvalue weighted by Gasteiger charge is -2.17. The lowest BCUT2D eigenvalue weighted by Crippen LogP contribution is -2.38. The van der Waals surface area contributed by atoms with Gasteiger partial charge >= 0.3 is 0 Å². The molecule has 0 saturated carbocycles. The second-order valence-corrected chi connectivity index (χ2v) is 7.74. The number of carbonyl (C=O) groups excluding carboxylic acids is 1. The quantitative estimate of drug-likeness (QED) is 0.598. The minimum atomic E-state index is -3.48. The van der Waals surface area contributed by atoms with Gasteiger partial charge in [-0.3, -0.25) is 4.79 Å². The Bertz CT molecular complexity index is 936. The molecule has 10 heteroatoms. The van der Waals surface area contributed by atoms with Gasteiger partial charge in [-0.05, 0) is 24.6 Å². The highest BCUT2D eigenvalue weighted by molar-refractivity contribution is 7.88. The van der Waals surface area contributed by atoms with Crippen molar-refractivity contribution in [1.82, 2.24) is 9.29 Å². The van der Waals surface area contributed by atoms with Gasteiger partial charge in [-0.25, -0.2) is 22.7 Å². The highest BCUT2D eigenvalue weighted by Gasteiger charge is 2.16. The summed E-state index contributed by atoms with van der Waals surface area (Å²) in [5, 5.41) is 2.72. The van der Waals surface area contributed by atoms with Crippen LogP contribution < -0.4 is 11.1 Å². The zero-order chi connectivity index (χ0) is 19.5. The van der Waals surface area contributed by atoms with Crippen LogP contribution in [0.2, 0.25) is 0 Å². The van der Waals surface area contributed by atoms with E-state index in [1.807, 2.05) is 0 Å². The molecule has 0 fully saturated rings. The van der Waals surface area contributed by atoms with Crippen LogP contribution in [0, 0.1) is 6.92 Å². The first kappa shape index (κ1) is 19.4. The molecule has 1 aromatic carbocycles. The highest BCUT2D eigenvalue weighted by atomic mass is 32.2. The molecule has 9 nitrogen and oxygen atoms in total. The van der Waals surface area contributed by atoms with Crippen molar-refractivity contribution < 1.29 is 17.6 Å². The minimum Gasteiger partial charge on any atom is -0.448 e. The number of nitrogens with zero attached hydrogens (tertiary/aromatic N) is 3. The van der Waals surface area contributed by atoms with E-state index in [-0.39, 0.29) is 11.7 Å². The van der Waals surface area contributed by atoms with Gasteiger partial charge in [0.15, 0.2) is 11.6 Å². The molecule has 0 bridgehead atoms. The molecule has 2 aromatic rings. The average molecular weight is 379 g/mol. The van der Waals surface area contributed by atoms with Gasteiger partial charge in [-0.15, -0.1) is 0 Å². The summed E-state index contributed by atoms with van der Waals surface area (Å²) in [4.78, 5) is 20.3. The van der Waals surface area contributed by atoms with Gasteiger partial charge in [0.1, 0.15) is 6.26 Å². The number of hydrogen-bond acceptors (Lipinski definition) is 6. The summed E-state index contributed by atoms with van der Waals surface area (Å²) in [7, 11) is -2.15. The summed E-state index contributed by atoms with van der Waals surface area (Å²) in [6, 6.07) is 6.59. The number of aromatic nitrogens is 1. The fraction of sp³-hybridized carbons (Fsp3) is 0.312. The van der Waals surface area contributed by atoms with Gasteiger partial charge in [0.05, 0.1) is 12.3 Å². The molecule has 1 atom stereocenters. The number of sulfonamides is 1. The molecular weight excluding hydrogens is 358 g/mol. The molecule has 3 N–H and O–H groups in total. The Balaban J connectivity index is 2.16. The van der Waals surface area contributed by atoms with Crippen molar-refractivity contribution in [2.24, 2.45) is 10.7 Å². The number of amides is 1. The van der Waals surface area contributed by atoms with Crippen LogP contribution in [0.1, 0.15) is 34.9 Å². The number of hydrogen-bond donors (Lipinski definition) is 2. The first-order valence-electron chi connectivity index (χ1n) is 7.68. The van der Waals surface area contributed by atoms with E-state index in [1.54, 1.807) is 38.1 Å². The zero-order valence-electron chi connectivity index (χ0n) is 14.9. The summed E-state index contributed by atoms with van der Waals surface area (Å²) in [6.07, 6.45) is 2.32. The molecule has 1 amide bonds. The molecule has 0 aliphatic heterocycles. The first-order valence-corrected chi connectivity index (χ1v) is 9.53. The molecule has 26 heavy (non-hydrogen) atoms. The number of anilines is 1. The van der Waals surface area contributed by atoms with Crippen LogP contribution in [0.25, 0.3) is 0 Å². The summed E-state index contributed by atoms with van der Waals surface area (Å²) < 4.78 is 28.9. The van der Waals surface area contributed by atoms with E-state index in [2.05, 4.69) is 15.3 Å². The van der Waals surface area contributed by atoms with Gasteiger partial charge in [0.25, 0.3) is 5.91 Å². The number of rotatable bonds is 5. The van der Waals surface area contributed by atoms with Crippen molar-refractivity contribution in [3.63, 3.8) is 0 Å². The lowest BCUT2D eigenvalue weighted by molar-refractivity contribution is 0.102. The van der Waals surface area contributed by atoms with Gasteiger partial charge in [-0.2, -0.15) is 0 Å². The topological polar surface area (TPSA) is 131 Å². The first-order chi connectivity index (χ1) is 12.1. The third kappa shape index (κ3) is 4.82. The monoisotopic (exact) mass is 379 g/mol. The van der Waals surface area contributed by atoms with Crippen molar-refractivity contribution in [3.8, 4) is 0 Å². The van der Waals surface area contributed by atoms with E-state index in [0.717, 1.165) is 16.1 Å². The Morgan fingerprint density at radius 3 is 2.69 bits per heavy atom. The number of nitrogens with one attached hydrogen (secondary N) is 1. The Morgan fingerprint density at radius 1 is 1.42 bits per heavy atom. The van der Waals surface area contributed by atoms with Crippen molar-refractivity contribution >= 4 is 27.6 Å². The van der Waals surface area contributed by atoms with Crippen molar-refractivity contribution in [3.05, 3.63) is 47.7 Å². The van der Waals surface area contributed by atoms with Crippen molar-refractivity contribution in [2.75, 3.05) is 18.6 Å². The third-order valence-corrected chi connectivity index (χ3v) is 4.81. The van der Waals surface area contributed by atoms with Crippen molar-refractivity contribution in [1.29, 1.82) is 0 Å². The molecule has 140 valence electrons. The van der Waals surface area contributed by atoms with Crippen LogP contribution in [0.3, 0.4) is 0 Å². The van der Waals surface area contributed by atoms with Gasteiger partial charge in [-0.1, -0.05) is 12.1 Å². The fourth-order valence-corrected chi connectivity index (χ4v) is 2.45. The molecule has 0 radical (unpaired) electrons. The fourth-order valence-electron chi connectivity index (χ4n) is 2.06. The number of aliphatic imine (C=N–C) groups is 1. The van der Waals surface area contributed by atoms with E-state index in [1.165, 1.54) is 13.3 Å². The van der Waals surface area contributed by atoms with E-state index < -0.39 is 22.0 Å². The maximum atomic E-state index is 12.1.